The Balaban J connectivity index is 1.06. The van der Waals surface area contributed by atoms with Crippen molar-refractivity contribution in [1.82, 2.24) is 15.1 Å². The van der Waals surface area contributed by atoms with Crippen molar-refractivity contribution in [1.29, 1.82) is 0 Å². The highest BCUT2D eigenvalue weighted by Gasteiger charge is 2.65. The maximum Gasteiger partial charge on any atom is 0.235 e. The molecule has 7 rings (SSSR count). The van der Waals surface area contributed by atoms with Crippen LogP contribution in [0.25, 0.3) is 23.1 Å². The Morgan fingerprint density at radius 1 is 1.00 bits per heavy atom. The lowest BCUT2D eigenvalue weighted by Crippen LogP contribution is -2.35. The van der Waals surface area contributed by atoms with E-state index >= 15 is 0 Å². The van der Waals surface area contributed by atoms with Crippen LogP contribution in [0, 0.1) is 0 Å². The van der Waals surface area contributed by atoms with Crippen LogP contribution in [0.15, 0.2) is 60.7 Å². The first-order chi connectivity index (χ1) is 19.0. The molecule has 1 saturated carbocycles. The minimum Gasteiger partial charge on any atom is -0.497 e. The highest BCUT2D eigenvalue weighted by molar-refractivity contribution is 6.10. The van der Waals surface area contributed by atoms with Crippen molar-refractivity contribution in [3.8, 4) is 11.5 Å². The molecule has 3 aromatic carbocycles. The summed E-state index contributed by atoms with van der Waals surface area (Å²) in [6.45, 7) is 2.18. The monoisotopic (exact) mass is 520 g/mol. The van der Waals surface area contributed by atoms with Crippen LogP contribution < -0.4 is 14.8 Å². The zero-order valence-corrected chi connectivity index (χ0v) is 22.2. The Morgan fingerprint density at radius 3 is 2.59 bits per heavy atom. The number of anilines is 1. The molecule has 198 valence electrons. The molecule has 1 aliphatic carbocycles. The van der Waals surface area contributed by atoms with Gasteiger partial charge in [-0.15, -0.1) is 0 Å². The van der Waals surface area contributed by atoms with Crippen molar-refractivity contribution >= 4 is 34.6 Å². The molecule has 1 saturated heterocycles. The fraction of sp³-hybridized carbons (Fsp3) is 0.312. The van der Waals surface area contributed by atoms with Gasteiger partial charge in [-0.3, -0.25) is 9.89 Å². The zero-order valence-electron chi connectivity index (χ0n) is 22.2. The van der Waals surface area contributed by atoms with Crippen molar-refractivity contribution in [2.75, 3.05) is 32.6 Å². The molecule has 0 radical (unpaired) electrons. The number of hydrogen-bond acceptors (Lipinski definition) is 5. The second kappa shape index (κ2) is 9.27. The van der Waals surface area contributed by atoms with E-state index < -0.39 is 5.41 Å². The van der Waals surface area contributed by atoms with Crippen LogP contribution in [0.2, 0.25) is 0 Å². The molecule has 2 N–H and O–H groups in total. The van der Waals surface area contributed by atoms with Gasteiger partial charge in [0.15, 0.2) is 0 Å². The Hall–Kier alpha value is -4.10. The van der Waals surface area contributed by atoms with Gasteiger partial charge in [0, 0.05) is 30.1 Å². The Bertz CT molecular complexity index is 1580. The number of fused-ring (bicyclic) bond motifs is 3. The van der Waals surface area contributed by atoms with Crippen LogP contribution in [0.5, 0.6) is 11.5 Å². The predicted molar refractivity (Wildman–Crippen MR) is 153 cm³/mol. The van der Waals surface area contributed by atoms with E-state index in [2.05, 4.69) is 63.9 Å². The van der Waals surface area contributed by atoms with Gasteiger partial charge in [-0.05, 0) is 85.5 Å². The number of likely N-dealkylation sites (tertiary alicyclic amines) is 1. The number of nitrogens with one attached hydrogen (secondary N) is 2. The standard InChI is InChI=1S/C32H32N4O3/c1-36-15-13-23(14-16-36)39-22-7-3-20(4-8-22)5-11-28-25-10-6-21(17-30(25)35-34-28)27-19-32(27)26-18-24(38-2)9-12-29(26)33-31(32)37/h3-12,17-18,23,27H,13-16,19H2,1-2H3,(H,33,37)(H,34,35)/b11-5+/t27-,32-/m0/s1. The van der Waals surface area contributed by atoms with E-state index in [0.29, 0.717) is 6.10 Å². The molecule has 3 heterocycles. The number of benzene rings is 3. The molecule has 1 spiro atoms. The number of carbonyl (C=O) groups excluding carboxylic acids is 1. The van der Waals surface area contributed by atoms with Gasteiger partial charge in [-0.2, -0.15) is 5.10 Å². The van der Waals surface area contributed by atoms with Crippen molar-refractivity contribution in [3.63, 3.8) is 0 Å². The number of hydrogen-bond donors (Lipinski definition) is 2. The third kappa shape index (κ3) is 4.17. The molecule has 7 nitrogen and oxygen atoms in total. The highest BCUT2D eigenvalue weighted by Crippen LogP contribution is 2.65. The van der Waals surface area contributed by atoms with E-state index in [1.54, 1.807) is 7.11 Å². The molecule has 0 unspecified atom stereocenters. The summed E-state index contributed by atoms with van der Waals surface area (Å²) < 4.78 is 11.6. The van der Waals surface area contributed by atoms with E-state index in [0.717, 1.165) is 82.8 Å². The summed E-state index contributed by atoms with van der Waals surface area (Å²) in [7, 11) is 3.82. The van der Waals surface area contributed by atoms with E-state index in [1.807, 2.05) is 36.4 Å². The summed E-state index contributed by atoms with van der Waals surface area (Å²) in [5, 5.41) is 11.9. The number of aromatic nitrogens is 2. The van der Waals surface area contributed by atoms with Crippen LogP contribution >= 0.6 is 0 Å². The third-order valence-corrected chi connectivity index (χ3v) is 8.62. The first kappa shape index (κ1) is 24.0. The Labute approximate surface area is 227 Å². The summed E-state index contributed by atoms with van der Waals surface area (Å²) >= 11 is 0. The number of carbonyl (C=O) groups is 1. The molecule has 7 heteroatoms. The number of methoxy groups -OCH3 is 1. The van der Waals surface area contributed by atoms with Crippen LogP contribution in [0.4, 0.5) is 5.69 Å². The van der Waals surface area contributed by atoms with Gasteiger partial charge in [-0.25, -0.2) is 0 Å². The second-order valence-corrected chi connectivity index (χ2v) is 11.0. The van der Waals surface area contributed by atoms with Crippen LogP contribution in [0.3, 0.4) is 0 Å². The lowest BCUT2D eigenvalue weighted by Gasteiger charge is -2.29. The smallest absolute Gasteiger partial charge is 0.235 e. The molecule has 4 aromatic rings. The van der Waals surface area contributed by atoms with Gasteiger partial charge < -0.3 is 19.7 Å². The molecular formula is C32H32N4O3. The lowest BCUT2D eigenvalue weighted by atomic mass is 9.91. The van der Waals surface area contributed by atoms with E-state index in [-0.39, 0.29) is 11.8 Å². The van der Waals surface area contributed by atoms with Gasteiger partial charge in [0.05, 0.1) is 23.7 Å². The molecule has 2 atom stereocenters. The van der Waals surface area contributed by atoms with E-state index in [9.17, 15) is 4.79 Å². The van der Waals surface area contributed by atoms with Gasteiger partial charge in [0.25, 0.3) is 0 Å². The topological polar surface area (TPSA) is 79.5 Å². The summed E-state index contributed by atoms with van der Waals surface area (Å²) in [5.41, 5.74) is 5.52. The summed E-state index contributed by atoms with van der Waals surface area (Å²) in [4.78, 5) is 15.4. The first-order valence-electron chi connectivity index (χ1n) is 13.6. The molecule has 2 fully saturated rings. The average Bonchev–Trinajstić information content (AvgIpc) is 3.50. The number of rotatable bonds is 6. The van der Waals surface area contributed by atoms with Gasteiger partial charge in [-0.1, -0.05) is 30.3 Å². The van der Waals surface area contributed by atoms with Crippen molar-refractivity contribution < 1.29 is 14.3 Å². The predicted octanol–water partition coefficient (Wildman–Crippen LogP) is 5.59. The molecule has 39 heavy (non-hydrogen) atoms. The molecule has 0 bridgehead atoms. The average molecular weight is 521 g/mol. The minimum atomic E-state index is -0.510. The fourth-order valence-electron chi connectivity index (χ4n) is 6.23. The third-order valence-electron chi connectivity index (χ3n) is 8.62. The number of ether oxygens (including phenoxy) is 2. The van der Waals surface area contributed by atoms with Crippen LogP contribution in [-0.4, -0.2) is 54.4 Å². The van der Waals surface area contributed by atoms with Gasteiger partial charge in [0.1, 0.15) is 17.6 Å². The second-order valence-electron chi connectivity index (χ2n) is 11.0. The maximum atomic E-state index is 13.0. The van der Waals surface area contributed by atoms with Crippen molar-refractivity contribution in [3.05, 3.63) is 83.0 Å². The van der Waals surface area contributed by atoms with E-state index in [1.165, 1.54) is 0 Å². The highest BCUT2D eigenvalue weighted by atomic mass is 16.5. The van der Waals surface area contributed by atoms with Gasteiger partial charge in [0.2, 0.25) is 5.91 Å². The Morgan fingerprint density at radius 2 is 1.79 bits per heavy atom. The molecule has 1 aromatic heterocycles. The van der Waals surface area contributed by atoms with Crippen LogP contribution in [0.1, 0.15) is 47.6 Å². The number of amides is 1. The van der Waals surface area contributed by atoms with E-state index in [4.69, 9.17) is 9.47 Å². The van der Waals surface area contributed by atoms with Crippen LogP contribution in [-0.2, 0) is 10.2 Å². The largest absolute Gasteiger partial charge is 0.497 e. The van der Waals surface area contributed by atoms with Crippen molar-refractivity contribution in [2.45, 2.75) is 36.7 Å². The summed E-state index contributed by atoms with van der Waals surface area (Å²) in [6.07, 6.45) is 7.35. The molecular weight excluding hydrogens is 488 g/mol. The summed E-state index contributed by atoms with van der Waals surface area (Å²) in [5.74, 6) is 1.91. The first-order valence-corrected chi connectivity index (χ1v) is 13.6. The summed E-state index contributed by atoms with van der Waals surface area (Å²) in [6, 6.07) is 20.5. The lowest BCUT2D eigenvalue weighted by molar-refractivity contribution is -0.118. The van der Waals surface area contributed by atoms with Gasteiger partial charge >= 0.3 is 0 Å². The number of piperidine rings is 1. The molecule has 3 aliphatic rings. The SMILES string of the molecule is COc1ccc2c(c1)[C@]1(C[C@H]1c1ccc3c(/C=C/c4ccc(OC5CCN(C)CC5)cc4)n[nH]c3c1)C(=O)N2. The quantitative estimate of drug-likeness (QED) is 0.346. The number of H-pyrrole nitrogens is 1. The zero-order chi connectivity index (χ0) is 26.6. The molecule has 2 aliphatic heterocycles. The number of aromatic amines is 1. The number of nitrogens with zero attached hydrogens (tertiary/aromatic N) is 2. The fourth-order valence-corrected chi connectivity index (χ4v) is 6.23. The normalized spacial score (nSPS) is 22.9. The minimum absolute atomic E-state index is 0.0758. The van der Waals surface area contributed by atoms with Crippen molar-refractivity contribution in [2.24, 2.45) is 0 Å². The molecule has 1 amide bonds. The maximum absolute atomic E-state index is 13.0. The Kier molecular flexibility index (Phi) is 5.70.